The zero-order chi connectivity index (χ0) is 14.3. The summed E-state index contributed by atoms with van der Waals surface area (Å²) in [4.78, 5) is 11.7. The van der Waals surface area contributed by atoms with Crippen molar-refractivity contribution in [2.45, 2.75) is 45.8 Å². The standard InChI is InChI=1S/C15H24N2O2/c1-4-8-17-15(18)12(3)19-14-7-5-6-13(10-14)9-11(2)16/h5-7,10-12H,4,8-9,16H2,1-3H3,(H,17,18). The maximum atomic E-state index is 11.7. The van der Waals surface area contributed by atoms with E-state index >= 15 is 0 Å². The van der Waals surface area contributed by atoms with Crippen LogP contribution in [0.3, 0.4) is 0 Å². The SMILES string of the molecule is CCCNC(=O)C(C)Oc1cccc(CC(C)N)c1. The minimum Gasteiger partial charge on any atom is -0.481 e. The van der Waals surface area contributed by atoms with Gasteiger partial charge in [0, 0.05) is 12.6 Å². The lowest BCUT2D eigenvalue weighted by Crippen LogP contribution is -2.36. The van der Waals surface area contributed by atoms with Crippen molar-refractivity contribution in [1.29, 1.82) is 0 Å². The van der Waals surface area contributed by atoms with Crippen LogP contribution in [0.1, 0.15) is 32.8 Å². The van der Waals surface area contributed by atoms with E-state index in [1.165, 1.54) is 0 Å². The number of nitrogens with one attached hydrogen (secondary N) is 1. The summed E-state index contributed by atoms with van der Waals surface area (Å²) >= 11 is 0. The number of hydrogen-bond donors (Lipinski definition) is 2. The van der Waals surface area contributed by atoms with Crippen molar-refractivity contribution in [3.05, 3.63) is 29.8 Å². The van der Waals surface area contributed by atoms with Gasteiger partial charge in [-0.25, -0.2) is 0 Å². The Balaban J connectivity index is 2.58. The first-order valence-electron chi connectivity index (χ1n) is 6.81. The van der Waals surface area contributed by atoms with Gasteiger partial charge in [0.25, 0.3) is 5.91 Å². The minimum absolute atomic E-state index is 0.0838. The van der Waals surface area contributed by atoms with Crippen LogP contribution in [0.25, 0.3) is 0 Å². The third-order valence-corrected chi connectivity index (χ3v) is 2.69. The van der Waals surface area contributed by atoms with Crippen LogP contribution in [-0.2, 0) is 11.2 Å². The molecular weight excluding hydrogens is 240 g/mol. The number of carbonyl (C=O) groups is 1. The van der Waals surface area contributed by atoms with Gasteiger partial charge in [0.1, 0.15) is 5.75 Å². The zero-order valence-corrected chi connectivity index (χ0v) is 12.0. The number of carbonyl (C=O) groups excluding carboxylic acids is 1. The van der Waals surface area contributed by atoms with Crippen LogP contribution in [0.4, 0.5) is 0 Å². The predicted molar refractivity (Wildman–Crippen MR) is 77.2 cm³/mol. The Bertz CT molecular complexity index is 405. The first-order chi connectivity index (χ1) is 9.02. The second-order valence-electron chi connectivity index (χ2n) is 4.88. The fourth-order valence-electron chi connectivity index (χ4n) is 1.77. The van der Waals surface area contributed by atoms with E-state index in [4.69, 9.17) is 10.5 Å². The lowest BCUT2D eigenvalue weighted by Gasteiger charge is -2.15. The van der Waals surface area contributed by atoms with Crippen molar-refractivity contribution in [2.75, 3.05) is 6.54 Å². The largest absolute Gasteiger partial charge is 0.481 e. The molecule has 2 unspecified atom stereocenters. The number of rotatable bonds is 7. The van der Waals surface area contributed by atoms with E-state index in [0.717, 1.165) is 18.4 Å². The lowest BCUT2D eigenvalue weighted by molar-refractivity contribution is -0.127. The first kappa shape index (κ1) is 15.5. The van der Waals surface area contributed by atoms with Crippen LogP contribution in [0.5, 0.6) is 5.75 Å². The highest BCUT2D eigenvalue weighted by Crippen LogP contribution is 2.16. The number of nitrogens with two attached hydrogens (primary N) is 1. The molecule has 0 fully saturated rings. The summed E-state index contributed by atoms with van der Waals surface area (Å²) in [6.45, 7) is 6.41. The van der Waals surface area contributed by atoms with Gasteiger partial charge in [0.2, 0.25) is 0 Å². The highest BCUT2D eigenvalue weighted by molar-refractivity contribution is 5.80. The van der Waals surface area contributed by atoms with Crippen LogP contribution in [0.15, 0.2) is 24.3 Å². The molecule has 106 valence electrons. The summed E-state index contributed by atoms with van der Waals surface area (Å²) < 4.78 is 5.64. The smallest absolute Gasteiger partial charge is 0.260 e. The van der Waals surface area contributed by atoms with E-state index in [1.54, 1.807) is 6.92 Å². The Hall–Kier alpha value is -1.55. The molecule has 0 aliphatic rings. The predicted octanol–water partition coefficient (Wildman–Crippen LogP) is 1.87. The van der Waals surface area contributed by atoms with Crippen molar-refractivity contribution < 1.29 is 9.53 Å². The van der Waals surface area contributed by atoms with E-state index in [2.05, 4.69) is 5.32 Å². The van der Waals surface area contributed by atoms with Crippen molar-refractivity contribution in [1.82, 2.24) is 5.32 Å². The third kappa shape index (κ3) is 5.75. The van der Waals surface area contributed by atoms with Gasteiger partial charge in [-0.1, -0.05) is 19.1 Å². The number of benzene rings is 1. The summed E-state index contributed by atoms with van der Waals surface area (Å²) in [5, 5.41) is 2.82. The van der Waals surface area contributed by atoms with Gasteiger partial charge in [0.05, 0.1) is 0 Å². The highest BCUT2D eigenvalue weighted by Gasteiger charge is 2.13. The Morgan fingerprint density at radius 2 is 2.16 bits per heavy atom. The normalized spacial score (nSPS) is 13.7. The molecule has 0 radical (unpaired) electrons. The maximum Gasteiger partial charge on any atom is 0.260 e. The molecule has 0 saturated heterocycles. The molecule has 1 rings (SSSR count). The average Bonchev–Trinajstić information content (AvgIpc) is 2.35. The van der Waals surface area contributed by atoms with E-state index in [1.807, 2.05) is 38.1 Å². The van der Waals surface area contributed by atoms with Gasteiger partial charge in [-0.3, -0.25) is 4.79 Å². The summed E-state index contributed by atoms with van der Waals surface area (Å²) in [6.07, 6.45) is 1.23. The van der Waals surface area contributed by atoms with E-state index in [9.17, 15) is 4.79 Å². The third-order valence-electron chi connectivity index (χ3n) is 2.69. The van der Waals surface area contributed by atoms with Gasteiger partial charge < -0.3 is 15.8 Å². The molecule has 0 aliphatic carbocycles. The average molecular weight is 264 g/mol. The highest BCUT2D eigenvalue weighted by atomic mass is 16.5. The number of amides is 1. The van der Waals surface area contributed by atoms with Crippen molar-refractivity contribution in [3.63, 3.8) is 0 Å². The summed E-state index contributed by atoms with van der Waals surface area (Å²) in [6, 6.07) is 7.84. The quantitative estimate of drug-likeness (QED) is 0.790. The molecule has 0 aromatic heterocycles. The molecule has 0 spiro atoms. The molecular formula is C15H24N2O2. The molecule has 0 aliphatic heterocycles. The van der Waals surface area contributed by atoms with Crippen LogP contribution in [-0.4, -0.2) is 24.6 Å². The molecule has 3 N–H and O–H groups in total. The van der Waals surface area contributed by atoms with Crippen LogP contribution in [0, 0.1) is 0 Å². The van der Waals surface area contributed by atoms with Crippen LogP contribution >= 0.6 is 0 Å². The van der Waals surface area contributed by atoms with Crippen LogP contribution < -0.4 is 15.8 Å². The first-order valence-corrected chi connectivity index (χ1v) is 6.81. The molecule has 1 aromatic rings. The molecule has 19 heavy (non-hydrogen) atoms. The summed E-state index contributed by atoms with van der Waals surface area (Å²) in [5.74, 6) is 0.622. The Morgan fingerprint density at radius 3 is 2.79 bits per heavy atom. The number of ether oxygens (including phenoxy) is 1. The van der Waals surface area contributed by atoms with E-state index in [0.29, 0.717) is 12.3 Å². The molecule has 0 saturated carbocycles. The molecule has 1 aromatic carbocycles. The second kappa shape index (κ2) is 7.79. The van der Waals surface area contributed by atoms with Gasteiger partial charge in [-0.2, -0.15) is 0 Å². The molecule has 0 bridgehead atoms. The van der Waals surface area contributed by atoms with E-state index < -0.39 is 6.10 Å². The Morgan fingerprint density at radius 1 is 1.42 bits per heavy atom. The minimum atomic E-state index is -0.489. The van der Waals surface area contributed by atoms with Crippen molar-refractivity contribution in [3.8, 4) is 5.75 Å². The second-order valence-corrected chi connectivity index (χ2v) is 4.88. The van der Waals surface area contributed by atoms with Gasteiger partial charge in [-0.15, -0.1) is 0 Å². The zero-order valence-electron chi connectivity index (χ0n) is 12.0. The fraction of sp³-hybridized carbons (Fsp3) is 0.533. The molecule has 1 amide bonds. The molecule has 4 nitrogen and oxygen atoms in total. The molecule has 0 heterocycles. The number of hydrogen-bond acceptors (Lipinski definition) is 3. The summed E-state index contributed by atoms with van der Waals surface area (Å²) in [5.41, 5.74) is 6.89. The fourth-order valence-corrected chi connectivity index (χ4v) is 1.77. The van der Waals surface area contributed by atoms with Gasteiger partial charge in [-0.05, 0) is 44.4 Å². The van der Waals surface area contributed by atoms with Crippen LogP contribution in [0.2, 0.25) is 0 Å². The van der Waals surface area contributed by atoms with Crippen molar-refractivity contribution in [2.24, 2.45) is 5.73 Å². The van der Waals surface area contributed by atoms with E-state index in [-0.39, 0.29) is 11.9 Å². The Labute approximate surface area is 115 Å². The molecule has 2 atom stereocenters. The maximum absolute atomic E-state index is 11.7. The topological polar surface area (TPSA) is 64.3 Å². The Kier molecular flexibility index (Phi) is 6.36. The van der Waals surface area contributed by atoms with Gasteiger partial charge in [0.15, 0.2) is 6.10 Å². The molecule has 4 heteroatoms. The summed E-state index contributed by atoms with van der Waals surface area (Å²) in [7, 11) is 0. The monoisotopic (exact) mass is 264 g/mol. The van der Waals surface area contributed by atoms with Crippen molar-refractivity contribution >= 4 is 5.91 Å². The lowest BCUT2D eigenvalue weighted by atomic mass is 10.1. The van der Waals surface area contributed by atoms with Gasteiger partial charge >= 0.3 is 0 Å².